The minimum atomic E-state index is -1.35. The van der Waals surface area contributed by atoms with E-state index in [1.165, 1.54) is 11.3 Å². The molecule has 13 heteroatoms. The van der Waals surface area contributed by atoms with E-state index in [2.05, 4.69) is 26.6 Å². The lowest BCUT2D eigenvalue weighted by Crippen LogP contribution is -2.59. The summed E-state index contributed by atoms with van der Waals surface area (Å²) in [5.74, 6) is -4.29. The molecular weight excluding hydrogens is 743 g/mol. The molecule has 7 rings (SSSR count). The van der Waals surface area contributed by atoms with Crippen LogP contribution < -0.4 is 26.6 Å². The molecule has 292 valence electrons. The predicted octanol–water partition coefficient (Wildman–Crippen LogP) is 4.44. The topological polar surface area (TPSA) is 183 Å². The fourth-order valence-corrected chi connectivity index (χ4v) is 7.20. The maximum absolute atomic E-state index is 14.4. The Labute approximate surface area is 334 Å². The SMILES string of the molecule is O=C1CCC(=O)N[C@H](Cc2ccsc2)C(=O)N[C@@H](Cc2ccc(-c3ccccc3)cc2)C(=O)N[C@H](Cc2ccccc2)C(=O)N[C@H](C(=O)O)Cc2ccc(cc2)N1. The third-order valence-corrected chi connectivity index (χ3v) is 10.3. The first-order valence-electron chi connectivity index (χ1n) is 18.6. The Morgan fingerprint density at radius 2 is 1.09 bits per heavy atom. The molecular formula is C44H43N5O7S. The number of carboxylic acid groups (broad SMARTS) is 1. The van der Waals surface area contributed by atoms with E-state index in [4.69, 9.17) is 0 Å². The molecule has 5 aromatic rings. The van der Waals surface area contributed by atoms with Crippen LogP contribution in [0, 0.1) is 0 Å². The number of carbonyl (C=O) groups is 6. The van der Waals surface area contributed by atoms with Gasteiger partial charge in [-0.1, -0.05) is 97.1 Å². The van der Waals surface area contributed by atoms with E-state index < -0.39 is 59.7 Å². The number of aliphatic carboxylic acids is 1. The first-order chi connectivity index (χ1) is 27.6. The van der Waals surface area contributed by atoms with Crippen molar-refractivity contribution in [3.05, 3.63) is 148 Å². The maximum Gasteiger partial charge on any atom is 0.326 e. The largest absolute Gasteiger partial charge is 0.480 e. The van der Waals surface area contributed by atoms with Gasteiger partial charge in [0.1, 0.15) is 24.2 Å². The van der Waals surface area contributed by atoms with Crippen molar-refractivity contribution in [2.24, 2.45) is 0 Å². The van der Waals surface area contributed by atoms with Gasteiger partial charge in [0.25, 0.3) is 0 Å². The normalized spacial score (nSPS) is 19.9. The van der Waals surface area contributed by atoms with E-state index >= 15 is 0 Å². The van der Waals surface area contributed by atoms with Crippen molar-refractivity contribution in [2.45, 2.75) is 62.7 Å². The van der Waals surface area contributed by atoms with Gasteiger partial charge in [0.2, 0.25) is 29.5 Å². The molecule has 4 aromatic carbocycles. The summed E-state index contributed by atoms with van der Waals surface area (Å²) in [5.41, 5.74) is 5.19. The van der Waals surface area contributed by atoms with Crippen molar-refractivity contribution in [1.29, 1.82) is 0 Å². The van der Waals surface area contributed by atoms with Crippen LogP contribution in [-0.4, -0.2) is 64.8 Å². The second-order valence-corrected chi connectivity index (χ2v) is 14.7. The zero-order valence-corrected chi connectivity index (χ0v) is 31.8. The molecule has 2 bridgehead atoms. The van der Waals surface area contributed by atoms with Gasteiger partial charge in [-0.25, -0.2) is 4.79 Å². The highest BCUT2D eigenvalue weighted by atomic mass is 32.1. The third kappa shape index (κ3) is 11.7. The number of carboxylic acids is 1. The van der Waals surface area contributed by atoms with Crippen molar-refractivity contribution in [2.75, 3.05) is 5.32 Å². The molecule has 0 aliphatic carbocycles. The molecule has 4 atom stereocenters. The highest BCUT2D eigenvalue weighted by Crippen LogP contribution is 2.20. The maximum atomic E-state index is 14.4. The van der Waals surface area contributed by atoms with Gasteiger partial charge in [-0.05, 0) is 62.3 Å². The fourth-order valence-electron chi connectivity index (χ4n) is 6.52. The lowest BCUT2D eigenvalue weighted by Gasteiger charge is -2.26. The van der Waals surface area contributed by atoms with Crippen molar-refractivity contribution < 1.29 is 33.9 Å². The molecule has 5 amide bonds. The molecule has 0 spiro atoms. The zero-order valence-electron chi connectivity index (χ0n) is 31.0. The summed E-state index contributed by atoms with van der Waals surface area (Å²) < 4.78 is 0. The van der Waals surface area contributed by atoms with Crippen LogP contribution in [0.1, 0.15) is 35.1 Å². The van der Waals surface area contributed by atoms with Crippen molar-refractivity contribution >= 4 is 52.5 Å². The van der Waals surface area contributed by atoms with Crippen LogP contribution in [0.2, 0.25) is 0 Å². The molecule has 3 heterocycles. The monoisotopic (exact) mass is 785 g/mol. The Morgan fingerprint density at radius 1 is 0.561 bits per heavy atom. The van der Waals surface area contributed by atoms with Gasteiger partial charge in [-0.15, -0.1) is 0 Å². The Balaban J connectivity index is 1.34. The summed E-state index contributed by atoms with van der Waals surface area (Å²) >= 11 is 1.43. The number of benzene rings is 4. The summed E-state index contributed by atoms with van der Waals surface area (Å²) in [6, 6.07) is 29.7. The van der Waals surface area contributed by atoms with Crippen molar-refractivity contribution in [1.82, 2.24) is 21.3 Å². The molecule has 0 saturated heterocycles. The smallest absolute Gasteiger partial charge is 0.326 e. The number of anilines is 1. The number of hydrogen-bond acceptors (Lipinski definition) is 7. The van der Waals surface area contributed by atoms with E-state index in [-0.39, 0.29) is 38.5 Å². The molecule has 1 aromatic heterocycles. The third-order valence-electron chi connectivity index (χ3n) is 9.59. The molecule has 0 radical (unpaired) electrons. The van der Waals surface area contributed by atoms with E-state index in [1.54, 1.807) is 48.5 Å². The van der Waals surface area contributed by atoms with Gasteiger partial charge < -0.3 is 31.7 Å². The number of rotatable bonds is 8. The van der Waals surface area contributed by atoms with Crippen LogP contribution in [-0.2, 0) is 54.5 Å². The van der Waals surface area contributed by atoms with Gasteiger partial charge >= 0.3 is 5.97 Å². The molecule has 0 saturated carbocycles. The first kappa shape index (κ1) is 40.1. The Hall–Kier alpha value is -6.60. The van der Waals surface area contributed by atoms with E-state index in [0.29, 0.717) is 22.4 Å². The molecule has 57 heavy (non-hydrogen) atoms. The summed E-state index contributed by atoms with van der Waals surface area (Å²) in [5, 5.41) is 27.6. The van der Waals surface area contributed by atoms with Crippen molar-refractivity contribution in [3.8, 4) is 11.1 Å². The Morgan fingerprint density at radius 3 is 1.68 bits per heavy atom. The lowest BCUT2D eigenvalue weighted by molar-refractivity contribution is -0.142. The lowest BCUT2D eigenvalue weighted by atomic mass is 9.99. The molecule has 12 nitrogen and oxygen atoms in total. The average Bonchev–Trinajstić information content (AvgIpc) is 3.73. The molecule has 6 N–H and O–H groups in total. The quantitative estimate of drug-likeness (QED) is 0.126. The Kier molecular flexibility index (Phi) is 13.6. The van der Waals surface area contributed by atoms with E-state index in [1.807, 2.05) is 77.5 Å². The number of amides is 5. The average molecular weight is 786 g/mol. The number of fused-ring (bicyclic) bond motifs is 18. The van der Waals surface area contributed by atoms with Crippen LogP contribution in [0.3, 0.4) is 0 Å². The van der Waals surface area contributed by atoms with Gasteiger partial charge in [-0.3, -0.25) is 24.0 Å². The van der Waals surface area contributed by atoms with E-state index in [0.717, 1.165) is 16.7 Å². The molecule has 0 unspecified atom stereocenters. The minimum Gasteiger partial charge on any atom is -0.480 e. The van der Waals surface area contributed by atoms with Gasteiger partial charge in [0, 0.05) is 44.2 Å². The van der Waals surface area contributed by atoms with Crippen LogP contribution in [0.15, 0.2) is 126 Å². The van der Waals surface area contributed by atoms with E-state index in [9.17, 15) is 33.9 Å². The Bertz CT molecular complexity index is 2160. The van der Waals surface area contributed by atoms with Crippen LogP contribution >= 0.6 is 11.3 Å². The summed E-state index contributed by atoms with van der Waals surface area (Å²) in [6.45, 7) is 0. The number of nitrogens with one attached hydrogen (secondary N) is 5. The second kappa shape index (κ2) is 19.3. The van der Waals surface area contributed by atoms with Crippen LogP contribution in [0.4, 0.5) is 5.69 Å². The second-order valence-electron chi connectivity index (χ2n) is 13.9. The summed E-state index contributed by atoms with van der Waals surface area (Å²) in [4.78, 5) is 81.0. The zero-order chi connectivity index (χ0) is 40.1. The predicted molar refractivity (Wildman–Crippen MR) is 217 cm³/mol. The minimum absolute atomic E-state index is 0.0270. The van der Waals surface area contributed by atoms with Crippen LogP contribution in [0.5, 0.6) is 0 Å². The molecule has 0 fully saturated rings. The number of thiophene rings is 1. The molecule has 2 aliphatic rings. The van der Waals surface area contributed by atoms with Crippen molar-refractivity contribution in [3.63, 3.8) is 0 Å². The first-order valence-corrected chi connectivity index (χ1v) is 19.6. The summed E-state index contributed by atoms with van der Waals surface area (Å²) in [7, 11) is 0. The van der Waals surface area contributed by atoms with Gasteiger partial charge in [-0.2, -0.15) is 11.3 Å². The fraction of sp³-hybridized carbons (Fsp3) is 0.227. The van der Waals surface area contributed by atoms with Gasteiger partial charge in [0.05, 0.1) is 0 Å². The summed E-state index contributed by atoms with van der Waals surface area (Å²) in [6.07, 6.45) is -0.272. The highest BCUT2D eigenvalue weighted by Gasteiger charge is 2.32. The highest BCUT2D eigenvalue weighted by molar-refractivity contribution is 7.07. The number of hydrogen-bond donors (Lipinski definition) is 6. The van der Waals surface area contributed by atoms with Gasteiger partial charge in [0.15, 0.2) is 0 Å². The molecule has 2 aliphatic heterocycles. The van der Waals surface area contributed by atoms with Crippen LogP contribution in [0.25, 0.3) is 11.1 Å². The standard InChI is InChI=1S/C44H43N5O7S/c50-39-19-20-40(51)46-35(26-31-21-22-57-27-31)41(52)47-37(24-29-11-15-33(16-12-29)32-9-5-2-6-10-32)42(53)48-36(23-28-7-3-1-4-8-28)43(54)49-38(44(55)56)25-30-13-17-34(45-39)18-14-30/h1-18,21-22,27,35-38H,19-20,23-26H2,(H,45,50)(H,46,51)(H,47,52)(H,48,53)(H,49,54)(H,55,56)/t35-,36-,37+,38+/m1/s1. The number of carbonyl (C=O) groups excluding carboxylic acids is 5.